The van der Waals surface area contributed by atoms with Gasteiger partial charge in [-0.2, -0.15) is 0 Å². The summed E-state index contributed by atoms with van der Waals surface area (Å²) in [7, 11) is -0.464. The Morgan fingerprint density at radius 1 is 1.43 bits per heavy atom. The molecule has 0 aliphatic heterocycles. The summed E-state index contributed by atoms with van der Waals surface area (Å²) in [4.78, 5) is 11.5. The second-order valence-corrected chi connectivity index (χ2v) is 9.96. The molecule has 0 atom stereocenters. The van der Waals surface area contributed by atoms with Gasteiger partial charge in [0.05, 0.1) is 0 Å². The molecule has 82 valence electrons. The van der Waals surface area contributed by atoms with Crippen LogP contribution >= 0.6 is 0 Å². The van der Waals surface area contributed by atoms with Gasteiger partial charge < -0.3 is 4.43 Å². The molecule has 0 saturated carbocycles. The van der Waals surface area contributed by atoms with E-state index in [-0.39, 0.29) is 5.97 Å². The van der Waals surface area contributed by atoms with Gasteiger partial charge >= 0.3 is 5.97 Å². The smallest absolute Gasteiger partial charge is 0.320 e. The van der Waals surface area contributed by atoms with E-state index in [0.29, 0.717) is 0 Å². The molecule has 0 aliphatic rings. The normalized spacial score (nSPS) is 13.0. The second kappa shape index (κ2) is 6.19. The van der Waals surface area contributed by atoms with E-state index in [1.807, 2.05) is 32.6 Å². The van der Waals surface area contributed by atoms with Gasteiger partial charge in [0.15, 0.2) is 0 Å². The number of rotatable bonds is 5. The largest absolute Gasteiger partial charge is 0.517 e. The highest BCUT2D eigenvalue weighted by Gasteiger charge is 2.20. The van der Waals surface area contributed by atoms with Crippen LogP contribution in [-0.2, 0) is 9.22 Å². The summed E-state index contributed by atoms with van der Waals surface area (Å²) >= 11 is 0. The molecule has 0 saturated heterocycles. The minimum Gasteiger partial charge on any atom is -0.517 e. The molecule has 0 amide bonds. The Hall–Kier alpha value is -0.356. The second-order valence-electron chi connectivity index (χ2n) is 4.53. The fraction of sp³-hybridized carbons (Fsp3) is 0.700. The zero-order chi connectivity index (χ0) is 11.2. The minimum absolute atomic E-state index is 0.127. The number of hydrogen-bond acceptors (Lipinski definition) is 2. The maximum absolute atomic E-state index is 11.5. The van der Waals surface area contributed by atoms with Crippen LogP contribution in [0.4, 0.5) is 0 Å². The average Bonchev–Trinajstić information content (AvgIpc) is 2.01. The van der Waals surface area contributed by atoms with Crippen LogP contribution in [-0.4, -0.2) is 24.5 Å². The quantitative estimate of drug-likeness (QED) is 0.409. The van der Waals surface area contributed by atoms with Gasteiger partial charge in [-0.05, 0) is 33.0 Å². The van der Waals surface area contributed by atoms with E-state index in [9.17, 15) is 4.79 Å². The average molecular weight is 230 g/mol. The monoisotopic (exact) mass is 230 g/mol. The Kier molecular flexibility index (Phi) is 6.03. The van der Waals surface area contributed by atoms with Gasteiger partial charge in [-0.1, -0.05) is 18.5 Å². The highest BCUT2D eigenvalue weighted by atomic mass is 28.4. The fourth-order valence-electron chi connectivity index (χ4n) is 0.965. The van der Waals surface area contributed by atoms with Gasteiger partial charge in [0.2, 0.25) is 8.32 Å². The molecule has 4 heteroatoms. The van der Waals surface area contributed by atoms with Gasteiger partial charge in [-0.25, -0.2) is 4.79 Å². The molecular weight excluding hydrogens is 208 g/mol. The van der Waals surface area contributed by atoms with Gasteiger partial charge in [-0.15, -0.1) is 0 Å². The summed E-state index contributed by atoms with van der Waals surface area (Å²) in [5.74, 6) is -0.127. The Bertz CT molecular complexity index is 217. The lowest BCUT2D eigenvalue weighted by Gasteiger charge is -2.17. The van der Waals surface area contributed by atoms with Crippen molar-refractivity contribution >= 4 is 24.5 Å². The molecule has 0 spiro atoms. The highest BCUT2D eigenvalue weighted by molar-refractivity contribution is 6.71. The van der Waals surface area contributed by atoms with Crippen LogP contribution in [0, 0.1) is 0 Å². The summed E-state index contributed by atoms with van der Waals surface area (Å²) in [5.41, 5.74) is 0.766. The fourth-order valence-corrected chi connectivity index (χ4v) is 2.09. The molecule has 0 heterocycles. The number of allylic oxidation sites excluding steroid dienone is 1. The lowest BCUT2D eigenvalue weighted by molar-refractivity contribution is -0.130. The molecular formula is C10H22O2Si2. The standard InChI is InChI=1S/C10H22O2Si2/c1-9(7-5-6-8-13)10(11)12-14(2,3)4/h7H,5-6,8H2,1-4,13H3. The van der Waals surface area contributed by atoms with E-state index in [0.717, 1.165) is 12.0 Å². The third-order valence-electron chi connectivity index (χ3n) is 1.73. The van der Waals surface area contributed by atoms with E-state index >= 15 is 0 Å². The maximum atomic E-state index is 11.5. The van der Waals surface area contributed by atoms with E-state index in [1.165, 1.54) is 22.7 Å². The van der Waals surface area contributed by atoms with Crippen molar-refractivity contribution in [2.45, 2.75) is 45.5 Å². The van der Waals surface area contributed by atoms with E-state index in [2.05, 4.69) is 0 Å². The number of hydrogen-bond donors (Lipinski definition) is 0. The summed E-state index contributed by atoms with van der Waals surface area (Å²) in [5, 5.41) is 0. The minimum atomic E-state index is -1.71. The Morgan fingerprint density at radius 2 is 2.00 bits per heavy atom. The van der Waals surface area contributed by atoms with Gasteiger partial charge in [-0.3, -0.25) is 0 Å². The Labute approximate surface area is 91.3 Å². The van der Waals surface area contributed by atoms with E-state index in [1.54, 1.807) is 0 Å². The predicted octanol–water partition coefficient (Wildman–Crippen LogP) is 1.87. The number of unbranched alkanes of at least 4 members (excludes halogenated alkanes) is 1. The number of carbonyl (C=O) groups excluding carboxylic acids is 1. The van der Waals surface area contributed by atoms with Gasteiger partial charge in [0.1, 0.15) is 0 Å². The molecule has 0 aliphatic carbocycles. The summed E-state index contributed by atoms with van der Waals surface area (Å²) < 4.78 is 5.37. The van der Waals surface area contributed by atoms with Crippen molar-refractivity contribution in [3.05, 3.63) is 11.6 Å². The molecule has 0 aromatic rings. The molecule has 0 aromatic carbocycles. The topological polar surface area (TPSA) is 26.3 Å². The third-order valence-corrected chi connectivity index (χ3v) is 3.23. The molecule has 2 nitrogen and oxygen atoms in total. The molecule has 0 N–H and O–H groups in total. The van der Waals surface area contributed by atoms with Crippen molar-refractivity contribution < 1.29 is 9.22 Å². The van der Waals surface area contributed by atoms with Crippen molar-refractivity contribution in [1.29, 1.82) is 0 Å². The summed E-state index contributed by atoms with van der Waals surface area (Å²) in [6.45, 7) is 7.91. The van der Waals surface area contributed by atoms with Crippen LogP contribution in [0.1, 0.15) is 19.8 Å². The first-order chi connectivity index (χ1) is 6.37. The molecule has 0 unspecified atom stereocenters. The van der Waals surface area contributed by atoms with Crippen molar-refractivity contribution in [1.82, 2.24) is 0 Å². The number of carbonyl (C=O) groups is 1. The van der Waals surface area contributed by atoms with Crippen molar-refractivity contribution in [2.75, 3.05) is 0 Å². The molecule has 14 heavy (non-hydrogen) atoms. The van der Waals surface area contributed by atoms with E-state index < -0.39 is 8.32 Å². The first-order valence-corrected chi connectivity index (χ1v) is 10.1. The third kappa shape index (κ3) is 7.09. The molecule has 0 rings (SSSR count). The van der Waals surface area contributed by atoms with Crippen LogP contribution < -0.4 is 0 Å². The predicted molar refractivity (Wildman–Crippen MR) is 67.2 cm³/mol. The first-order valence-electron chi connectivity index (χ1n) is 5.27. The summed E-state index contributed by atoms with van der Waals surface area (Å²) in [6.07, 6.45) is 4.21. The lowest BCUT2D eigenvalue weighted by atomic mass is 10.2. The van der Waals surface area contributed by atoms with Crippen LogP contribution in [0.5, 0.6) is 0 Å². The van der Waals surface area contributed by atoms with Crippen LogP contribution in [0.25, 0.3) is 0 Å². The van der Waals surface area contributed by atoms with Crippen LogP contribution in [0.15, 0.2) is 11.6 Å². The van der Waals surface area contributed by atoms with Crippen molar-refractivity contribution in [2.24, 2.45) is 0 Å². The highest BCUT2D eigenvalue weighted by Crippen LogP contribution is 2.08. The van der Waals surface area contributed by atoms with Crippen LogP contribution in [0.3, 0.4) is 0 Å². The first kappa shape index (κ1) is 13.6. The van der Waals surface area contributed by atoms with Crippen molar-refractivity contribution in [3.8, 4) is 0 Å². The van der Waals surface area contributed by atoms with Gasteiger partial charge in [0.25, 0.3) is 0 Å². The maximum Gasteiger partial charge on any atom is 0.320 e. The molecule has 0 fully saturated rings. The molecule has 0 radical (unpaired) electrons. The summed E-state index contributed by atoms with van der Waals surface area (Å²) in [6, 6.07) is 1.30. The zero-order valence-corrected chi connectivity index (χ0v) is 13.0. The Morgan fingerprint density at radius 3 is 2.43 bits per heavy atom. The van der Waals surface area contributed by atoms with Gasteiger partial charge in [0, 0.05) is 15.8 Å². The van der Waals surface area contributed by atoms with Crippen molar-refractivity contribution in [3.63, 3.8) is 0 Å². The SMILES string of the molecule is CC(=CCCC[SiH3])C(=O)O[Si](C)(C)C. The zero-order valence-electron chi connectivity index (χ0n) is 10.0. The molecule has 0 bridgehead atoms. The van der Waals surface area contributed by atoms with E-state index in [4.69, 9.17) is 4.43 Å². The molecule has 0 aromatic heterocycles. The Balaban J connectivity index is 4.05. The lowest BCUT2D eigenvalue weighted by Crippen LogP contribution is -2.29. The van der Waals surface area contributed by atoms with Crippen LogP contribution in [0.2, 0.25) is 25.7 Å².